The zero-order chi connectivity index (χ0) is 15.5. The second-order valence-corrected chi connectivity index (χ2v) is 8.46. The first-order valence-electron chi connectivity index (χ1n) is 7.73. The molecule has 0 amide bonds. The van der Waals surface area contributed by atoms with E-state index in [2.05, 4.69) is 57.4 Å². The van der Waals surface area contributed by atoms with Crippen LogP contribution in [0.4, 0.5) is 0 Å². The summed E-state index contributed by atoms with van der Waals surface area (Å²) < 4.78 is 0. The van der Waals surface area contributed by atoms with Crippen LogP contribution in [0.5, 0.6) is 0 Å². The minimum Gasteiger partial charge on any atom is -0.304 e. The maximum atomic E-state index is 4.91. The van der Waals surface area contributed by atoms with E-state index in [1.165, 1.54) is 20.5 Å². The van der Waals surface area contributed by atoms with Gasteiger partial charge >= 0.3 is 0 Å². The van der Waals surface area contributed by atoms with Crippen molar-refractivity contribution in [2.24, 2.45) is 0 Å². The summed E-state index contributed by atoms with van der Waals surface area (Å²) >= 11 is 3.69. The highest BCUT2D eigenvalue weighted by molar-refractivity contribution is 7.12. The zero-order valence-corrected chi connectivity index (χ0v) is 15.3. The van der Waals surface area contributed by atoms with Gasteiger partial charge in [-0.3, -0.25) is 0 Å². The standard InChI is InChI=1S/C17H26N2S2/c1-6-10-18-15(13-9-8-12(7-2)21-13)16-19-14(11-20-16)17(3,4)5/h8-9,11,15,18H,6-7,10H2,1-5H3. The van der Waals surface area contributed by atoms with E-state index in [0.29, 0.717) is 0 Å². The first-order valence-corrected chi connectivity index (χ1v) is 9.43. The Kier molecular flexibility index (Phi) is 5.58. The molecule has 4 heteroatoms. The average Bonchev–Trinajstić information content (AvgIpc) is 3.07. The summed E-state index contributed by atoms with van der Waals surface area (Å²) in [5, 5.41) is 7.07. The van der Waals surface area contributed by atoms with Gasteiger partial charge in [-0.1, -0.05) is 34.6 Å². The van der Waals surface area contributed by atoms with Crippen LogP contribution >= 0.6 is 22.7 Å². The number of aryl methyl sites for hydroxylation is 1. The Morgan fingerprint density at radius 3 is 2.52 bits per heavy atom. The van der Waals surface area contributed by atoms with Crippen molar-refractivity contribution in [2.45, 2.75) is 58.9 Å². The van der Waals surface area contributed by atoms with Crippen LogP contribution in [0.3, 0.4) is 0 Å². The number of thiazole rings is 1. The van der Waals surface area contributed by atoms with Crippen molar-refractivity contribution in [1.82, 2.24) is 10.3 Å². The molecule has 2 rings (SSSR count). The van der Waals surface area contributed by atoms with Gasteiger partial charge < -0.3 is 5.32 Å². The van der Waals surface area contributed by atoms with Crippen LogP contribution in [-0.2, 0) is 11.8 Å². The molecule has 1 unspecified atom stereocenters. The molecule has 1 atom stereocenters. The smallest absolute Gasteiger partial charge is 0.115 e. The van der Waals surface area contributed by atoms with Gasteiger partial charge in [0, 0.05) is 20.5 Å². The Hall–Kier alpha value is -0.710. The molecular weight excluding hydrogens is 296 g/mol. The molecule has 116 valence electrons. The second-order valence-electron chi connectivity index (χ2n) is 6.37. The fourth-order valence-corrected chi connectivity index (χ4v) is 4.35. The predicted octanol–water partition coefficient (Wildman–Crippen LogP) is 5.15. The Bertz CT molecular complexity index is 563. The van der Waals surface area contributed by atoms with Crippen LogP contribution in [0.15, 0.2) is 17.5 Å². The lowest BCUT2D eigenvalue weighted by Gasteiger charge is -2.16. The molecule has 0 aliphatic carbocycles. The molecule has 0 aromatic carbocycles. The van der Waals surface area contributed by atoms with Gasteiger partial charge in [-0.25, -0.2) is 4.98 Å². The highest BCUT2D eigenvalue weighted by Gasteiger charge is 2.23. The number of nitrogens with zero attached hydrogens (tertiary/aromatic N) is 1. The van der Waals surface area contributed by atoms with Crippen molar-refractivity contribution in [3.63, 3.8) is 0 Å². The lowest BCUT2D eigenvalue weighted by atomic mass is 9.93. The molecule has 0 saturated carbocycles. The fourth-order valence-electron chi connectivity index (χ4n) is 2.10. The molecule has 2 nitrogen and oxygen atoms in total. The molecule has 2 aromatic rings. The molecule has 0 fully saturated rings. The van der Waals surface area contributed by atoms with Crippen LogP contribution in [0.2, 0.25) is 0 Å². The SMILES string of the molecule is CCCNC(c1ccc(CC)s1)c1nc(C(C)(C)C)cs1. The Balaban J connectivity index is 2.29. The molecule has 1 N–H and O–H groups in total. The largest absolute Gasteiger partial charge is 0.304 e. The highest BCUT2D eigenvalue weighted by Crippen LogP contribution is 2.33. The van der Waals surface area contributed by atoms with Gasteiger partial charge in [-0.05, 0) is 31.5 Å². The van der Waals surface area contributed by atoms with Gasteiger partial charge in [0.25, 0.3) is 0 Å². The summed E-state index contributed by atoms with van der Waals surface area (Å²) in [6.07, 6.45) is 2.25. The zero-order valence-electron chi connectivity index (χ0n) is 13.7. The number of nitrogens with one attached hydrogen (secondary N) is 1. The Morgan fingerprint density at radius 2 is 2.00 bits per heavy atom. The van der Waals surface area contributed by atoms with Crippen LogP contribution in [-0.4, -0.2) is 11.5 Å². The molecule has 0 saturated heterocycles. The van der Waals surface area contributed by atoms with Crippen molar-refractivity contribution in [3.05, 3.63) is 38.0 Å². The molecule has 0 bridgehead atoms. The van der Waals surface area contributed by atoms with E-state index in [-0.39, 0.29) is 11.5 Å². The van der Waals surface area contributed by atoms with E-state index in [1.807, 2.05) is 11.3 Å². The number of hydrogen-bond donors (Lipinski definition) is 1. The summed E-state index contributed by atoms with van der Waals surface area (Å²) in [6, 6.07) is 4.75. The average molecular weight is 323 g/mol. The third kappa shape index (κ3) is 4.15. The minimum atomic E-state index is 0.119. The van der Waals surface area contributed by atoms with Crippen LogP contribution in [0.25, 0.3) is 0 Å². The van der Waals surface area contributed by atoms with Crippen LogP contribution in [0.1, 0.15) is 67.5 Å². The summed E-state index contributed by atoms with van der Waals surface area (Å²) in [6.45, 7) is 12.1. The lowest BCUT2D eigenvalue weighted by Crippen LogP contribution is -2.22. The van der Waals surface area contributed by atoms with E-state index < -0.39 is 0 Å². The predicted molar refractivity (Wildman–Crippen MR) is 94.6 cm³/mol. The summed E-state index contributed by atoms with van der Waals surface area (Å²) in [5.74, 6) is 0. The molecule has 0 aliphatic rings. The number of thiophene rings is 1. The normalized spacial score (nSPS) is 13.6. The van der Waals surface area contributed by atoms with E-state index in [9.17, 15) is 0 Å². The molecule has 2 aromatic heterocycles. The second kappa shape index (κ2) is 7.03. The quantitative estimate of drug-likeness (QED) is 0.795. The molecule has 0 aliphatic heterocycles. The first-order chi connectivity index (χ1) is 9.95. The number of aromatic nitrogens is 1. The van der Waals surface area contributed by atoms with Crippen molar-refractivity contribution in [1.29, 1.82) is 0 Å². The molecular formula is C17H26N2S2. The van der Waals surface area contributed by atoms with Crippen molar-refractivity contribution < 1.29 is 0 Å². The topological polar surface area (TPSA) is 24.9 Å². The van der Waals surface area contributed by atoms with Gasteiger partial charge in [-0.15, -0.1) is 22.7 Å². The van der Waals surface area contributed by atoms with Crippen molar-refractivity contribution in [3.8, 4) is 0 Å². The van der Waals surface area contributed by atoms with E-state index in [4.69, 9.17) is 4.98 Å². The summed E-state index contributed by atoms with van der Waals surface area (Å²) in [4.78, 5) is 7.74. The summed E-state index contributed by atoms with van der Waals surface area (Å²) in [7, 11) is 0. The minimum absolute atomic E-state index is 0.119. The Labute approximate surface area is 136 Å². The molecule has 0 spiro atoms. The van der Waals surface area contributed by atoms with Gasteiger partial charge in [0.1, 0.15) is 5.01 Å². The fraction of sp³-hybridized carbons (Fsp3) is 0.588. The monoisotopic (exact) mass is 322 g/mol. The van der Waals surface area contributed by atoms with Gasteiger partial charge in [0.15, 0.2) is 0 Å². The van der Waals surface area contributed by atoms with E-state index >= 15 is 0 Å². The maximum absolute atomic E-state index is 4.91. The van der Waals surface area contributed by atoms with Gasteiger partial charge in [-0.2, -0.15) is 0 Å². The van der Waals surface area contributed by atoms with Gasteiger partial charge in [0.05, 0.1) is 11.7 Å². The Morgan fingerprint density at radius 1 is 1.24 bits per heavy atom. The maximum Gasteiger partial charge on any atom is 0.115 e. The number of rotatable bonds is 6. The van der Waals surface area contributed by atoms with E-state index in [1.54, 1.807) is 11.3 Å². The first kappa shape index (κ1) is 16.7. The molecule has 2 heterocycles. The third-order valence-corrected chi connectivity index (χ3v) is 5.66. The lowest BCUT2D eigenvalue weighted by molar-refractivity contribution is 0.559. The molecule has 0 radical (unpaired) electrons. The third-order valence-electron chi connectivity index (χ3n) is 3.45. The van der Waals surface area contributed by atoms with Crippen molar-refractivity contribution >= 4 is 22.7 Å². The highest BCUT2D eigenvalue weighted by atomic mass is 32.1. The summed E-state index contributed by atoms with van der Waals surface area (Å²) in [5.41, 5.74) is 1.31. The van der Waals surface area contributed by atoms with Crippen molar-refractivity contribution in [2.75, 3.05) is 6.54 Å². The molecule has 21 heavy (non-hydrogen) atoms. The number of hydrogen-bond acceptors (Lipinski definition) is 4. The van der Waals surface area contributed by atoms with Gasteiger partial charge in [0.2, 0.25) is 0 Å². The van der Waals surface area contributed by atoms with Crippen LogP contribution in [0, 0.1) is 0 Å². The van der Waals surface area contributed by atoms with E-state index in [0.717, 1.165) is 19.4 Å². The van der Waals surface area contributed by atoms with Crippen LogP contribution < -0.4 is 5.32 Å².